The van der Waals surface area contributed by atoms with Gasteiger partial charge in [0.1, 0.15) is 0 Å². The summed E-state index contributed by atoms with van der Waals surface area (Å²) >= 11 is 0. The molecule has 0 aliphatic rings. The molecule has 1 nitrogen and oxygen atoms in total. The zero-order valence-electron chi connectivity index (χ0n) is 18.0. The lowest BCUT2D eigenvalue weighted by molar-refractivity contribution is 1.18. The van der Waals surface area contributed by atoms with Gasteiger partial charge in [-0.3, -0.25) is 0 Å². The predicted molar refractivity (Wildman–Crippen MR) is 136 cm³/mol. The Labute approximate surface area is 188 Å². The summed E-state index contributed by atoms with van der Waals surface area (Å²) in [4.78, 5) is 0. The van der Waals surface area contributed by atoms with E-state index in [9.17, 15) is 0 Å². The molecule has 5 aromatic carbocycles. The third kappa shape index (κ3) is 3.02. The highest BCUT2D eigenvalue weighted by Gasteiger charge is 2.16. The molecule has 152 valence electrons. The monoisotopic (exact) mass is 409 g/mol. The van der Waals surface area contributed by atoms with Crippen LogP contribution in [0.3, 0.4) is 0 Å². The molecule has 0 N–H and O–H groups in total. The number of hydrogen-bond acceptors (Lipinski definition) is 0. The fraction of sp³-hybridized carbons (Fsp3) is 0.0323. The second kappa shape index (κ2) is 7.55. The first-order chi connectivity index (χ1) is 15.8. The van der Waals surface area contributed by atoms with E-state index in [1.54, 1.807) is 0 Å². The SMILES string of the molecule is Cc1cccc(-c2cccc3c2c2cc(-c4ccccc4)ccc2n3-c2ccccc2)c1. The van der Waals surface area contributed by atoms with Gasteiger partial charge < -0.3 is 4.57 Å². The van der Waals surface area contributed by atoms with Crippen LogP contribution in [0.25, 0.3) is 49.7 Å². The molecule has 0 saturated heterocycles. The first kappa shape index (κ1) is 18.7. The lowest BCUT2D eigenvalue weighted by atomic mass is 9.96. The molecule has 0 atom stereocenters. The minimum Gasteiger partial charge on any atom is -0.309 e. The zero-order chi connectivity index (χ0) is 21.5. The van der Waals surface area contributed by atoms with Crippen molar-refractivity contribution in [1.29, 1.82) is 0 Å². The highest BCUT2D eigenvalue weighted by atomic mass is 15.0. The Morgan fingerprint density at radius 3 is 2.00 bits per heavy atom. The summed E-state index contributed by atoms with van der Waals surface area (Å²) in [5, 5.41) is 2.58. The van der Waals surface area contributed by atoms with Gasteiger partial charge in [-0.05, 0) is 59.5 Å². The van der Waals surface area contributed by atoms with E-state index in [2.05, 4.69) is 133 Å². The maximum absolute atomic E-state index is 2.39. The fourth-order valence-corrected chi connectivity index (χ4v) is 4.79. The summed E-state index contributed by atoms with van der Waals surface area (Å²) in [5.41, 5.74) is 9.93. The first-order valence-corrected chi connectivity index (χ1v) is 11.0. The molecule has 0 radical (unpaired) electrons. The number of para-hydroxylation sites is 1. The second-order valence-corrected chi connectivity index (χ2v) is 8.34. The number of nitrogens with zero attached hydrogens (tertiary/aromatic N) is 1. The molecule has 0 spiro atoms. The number of aryl methyl sites for hydroxylation is 1. The third-order valence-electron chi connectivity index (χ3n) is 6.24. The number of aromatic nitrogens is 1. The highest BCUT2D eigenvalue weighted by Crippen LogP contribution is 2.40. The molecule has 0 unspecified atom stereocenters. The van der Waals surface area contributed by atoms with E-state index in [1.165, 1.54) is 55.3 Å². The van der Waals surface area contributed by atoms with Crippen LogP contribution in [-0.2, 0) is 0 Å². The van der Waals surface area contributed by atoms with Crippen molar-refractivity contribution in [3.05, 3.63) is 127 Å². The standard InChI is InChI=1S/C31H23N/c1-22-10-8-13-25(20-22)27-16-9-17-30-31(27)28-21-24(23-11-4-2-5-12-23)18-19-29(28)32(30)26-14-6-3-7-15-26/h2-21H,1H3. The Balaban J connectivity index is 1.74. The number of rotatable bonds is 3. The smallest absolute Gasteiger partial charge is 0.0547 e. The molecule has 6 aromatic rings. The number of fused-ring (bicyclic) bond motifs is 3. The minimum absolute atomic E-state index is 1.18. The van der Waals surface area contributed by atoms with Crippen molar-refractivity contribution in [3.63, 3.8) is 0 Å². The quantitative estimate of drug-likeness (QED) is 0.276. The zero-order valence-corrected chi connectivity index (χ0v) is 18.0. The van der Waals surface area contributed by atoms with Crippen LogP contribution in [-0.4, -0.2) is 4.57 Å². The van der Waals surface area contributed by atoms with Crippen molar-refractivity contribution in [2.24, 2.45) is 0 Å². The van der Waals surface area contributed by atoms with E-state index in [4.69, 9.17) is 0 Å². The summed E-state index contributed by atoms with van der Waals surface area (Å²) in [6.07, 6.45) is 0. The van der Waals surface area contributed by atoms with Crippen molar-refractivity contribution < 1.29 is 0 Å². The van der Waals surface area contributed by atoms with Gasteiger partial charge in [-0.1, -0.05) is 96.6 Å². The third-order valence-corrected chi connectivity index (χ3v) is 6.24. The van der Waals surface area contributed by atoms with Crippen molar-refractivity contribution in [1.82, 2.24) is 4.57 Å². The normalized spacial score (nSPS) is 11.3. The van der Waals surface area contributed by atoms with Gasteiger partial charge in [-0.2, -0.15) is 0 Å². The van der Waals surface area contributed by atoms with Crippen molar-refractivity contribution >= 4 is 21.8 Å². The van der Waals surface area contributed by atoms with Gasteiger partial charge in [0.15, 0.2) is 0 Å². The molecule has 32 heavy (non-hydrogen) atoms. The maximum Gasteiger partial charge on any atom is 0.0547 e. The molecule has 6 rings (SSSR count). The van der Waals surface area contributed by atoms with Crippen molar-refractivity contribution in [2.75, 3.05) is 0 Å². The Morgan fingerprint density at radius 2 is 1.22 bits per heavy atom. The van der Waals surface area contributed by atoms with Crippen molar-refractivity contribution in [2.45, 2.75) is 6.92 Å². The van der Waals surface area contributed by atoms with Gasteiger partial charge in [-0.25, -0.2) is 0 Å². The number of benzene rings is 5. The van der Waals surface area contributed by atoms with Gasteiger partial charge >= 0.3 is 0 Å². The maximum atomic E-state index is 2.39. The largest absolute Gasteiger partial charge is 0.309 e. The van der Waals surface area contributed by atoms with Crippen LogP contribution in [0.15, 0.2) is 121 Å². The molecule has 1 aromatic heterocycles. The van der Waals surface area contributed by atoms with Crippen LogP contribution in [0, 0.1) is 6.92 Å². The van der Waals surface area contributed by atoms with Gasteiger partial charge in [0.05, 0.1) is 11.0 Å². The van der Waals surface area contributed by atoms with E-state index >= 15 is 0 Å². The molecule has 0 aliphatic heterocycles. The summed E-state index contributed by atoms with van der Waals surface area (Å²) < 4.78 is 2.39. The minimum atomic E-state index is 1.18. The average Bonchev–Trinajstić information content (AvgIpc) is 3.19. The van der Waals surface area contributed by atoms with Crippen LogP contribution in [0.4, 0.5) is 0 Å². The Hall–Kier alpha value is -4.10. The van der Waals surface area contributed by atoms with Crippen LogP contribution in [0.2, 0.25) is 0 Å². The van der Waals surface area contributed by atoms with E-state index in [0.717, 1.165) is 0 Å². The van der Waals surface area contributed by atoms with Gasteiger partial charge in [0.2, 0.25) is 0 Å². The fourth-order valence-electron chi connectivity index (χ4n) is 4.79. The van der Waals surface area contributed by atoms with Gasteiger partial charge in [-0.15, -0.1) is 0 Å². The Kier molecular flexibility index (Phi) is 4.40. The van der Waals surface area contributed by atoms with Gasteiger partial charge in [0, 0.05) is 16.5 Å². The summed E-state index contributed by atoms with van der Waals surface area (Å²) in [7, 11) is 0. The second-order valence-electron chi connectivity index (χ2n) is 8.34. The lowest BCUT2D eigenvalue weighted by Gasteiger charge is -2.09. The van der Waals surface area contributed by atoms with E-state index < -0.39 is 0 Å². The average molecular weight is 410 g/mol. The predicted octanol–water partition coefficient (Wildman–Crippen LogP) is 8.43. The molecule has 0 aliphatic carbocycles. The van der Waals surface area contributed by atoms with Crippen molar-refractivity contribution in [3.8, 4) is 27.9 Å². The van der Waals surface area contributed by atoms with Crippen LogP contribution >= 0.6 is 0 Å². The lowest BCUT2D eigenvalue weighted by Crippen LogP contribution is -1.93. The van der Waals surface area contributed by atoms with E-state index in [1.807, 2.05) is 0 Å². The Bertz CT molecular complexity index is 1560. The molecule has 0 saturated carbocycles. The number of hydrogen-bond donors (Lipinski definition) is 0. The van der Waals surface area contributed by atoms with Crippen LogP contribution < -0.4 is 0 Å². The molecule has 1 heterocycles. The molecule has 0 amide bonds. The molecule has 0 fully saturated rings. The molecule has 0 bridgehead atoms. The topological polar surface area (TPSA) is 4.93 Å². The van der Waals surface area contributed by atoms with Gasteiger partial charge in [0.25, 0.3) is 0 Å². The summed E-state index contributed by atoms with van der Waals surface area (Å²) in [5.74, 6) is 0. The summed E-state index contributed by atoms with van der Waals surface area (Å²) in [6, 6.07) is 43.6. The highest BCUT2D eigenvalue weighted by molar-refractivity contribution is 6.16. The molecular weight excluding hydrogens is 386 g/mol. The Morgan fingerprint density at radius 1 is 0.500 bits per heavy atom. The molecular formula is C31H23N. The van der Waals surface area contributed by atoms with Crippen LogP contribution in [0.1, 0.15) is 5.56 Å². The molecule has 1 heteroatoms. The first-order valence-electron chi connectivity index (χ1n) is 11.0. The van der Waals surface area contributed by atoms with E-state index in [0.29, 0.717) is 0 Å². The van der Waals surface area contributed by atoms with Crippen LogP contribution in [0.5, 0.6) is 0 Å². The summed E-state index contributed by atoms with van der Waals surface area (Å²) in [6.45, 7) is 2.16. The van der Waals surface area contributed by atoms with E-state index in [-0.39, 0.29) is 0 Å².